The Kier molecular flexibility index (Phi) is 6.30. The molecular weight excluding hydrogens is 412 g/mol. The fourth-order valence-electron chi connectivity index (χ4n) is 3.84. The fourth-order valence-corrected chi connectivity index (χ4v) is 4.67. The standard InChI is InChI=1S/C19H22N4O6S/c1-30(28,29)16-7-6-13(11-15(16)23(26)27)14(10-12-4-2-3-5-12)18(24)21-17-8-9-20-19(25)22-17/h6-9,11-12,14H,2-5,10H2,1H3,(H2,20,21,22,24,25). The minimum Gasteiger partial charge on any atom is -0.312 e. The minimum atomic E-state index is -3.81. The fraction of sp³-hybridized carbons (Fsp3) is 0.421. The number of nitro benzene ring substituents is 1. The topological polar surface area (TPSA) is 152 Å². The van der Waals surface area contributed by atoms with Gasteiger partial charge in [0.25, 0.3) is 5.69 Å². The van der Waals surface area contributed by atoms with E-state index in [0.717, 1.165) is 38.0 Å². The highest BCUT2D eigenvalue weighted by Gasteiger charge is 2.30. The summed E-state index contributed by atoms with van der Waals surface area (Å²) in [6.07, 6.45) is 6.66. The molecule has 0 aliphatic heterocycles. The summed E-state index contributed by atoms with van der Waals surface area (Å²) in [6, 6.07) is 5.20. The first-order chi connectivity index (χ1) is 14.1. The van der Waals surface area contributed by atoms with Crippen LogP contribution in [0, 0.1) is 16.0 Å². The van der Waals surface area contributed by atoms with Crippen LogP contribution >= 0.6 is 0 Å². The van der Waals surface area contributed by atoms with Crippen molar-refractivity contribution in [1.29, 1.82) is 0 Å². The third-order valence-corrected chi connectivity index (χ3v) is 6.42. The second-order valence-electron chi connectivity index (χ2n) is 7.47. The van der Waals surface area contributed by atoms with Crippen molar-refractivity contribution in [3.63, 3.8) is 0 Å². The quantitative estimate of drug-likeness (QED) is 0.501. The van der Waals surface area contributed by atoms with Crippen molar-refractivity contribution in [3.8, 4) is 0 Å². The summed E-state index contributed by atoms with van der Waals surface area (Å²) in [5.41, 5.74) is -0.820. The summed E-state index contributed by atoms with van der Waals surface area (Å²) in [5.74, 6) is -0.730. The van der Waals surface area contributed by atoms with Crippen LogP contribution in [0.25, 0.3) is 0 Å². The maximum atomic E-state index is 13.0. The Hall–Kier alpha value is -3.08. The molecule has 11 heteroatoms. The van der Waals surface area contributed by atoms with Gasteiger partial charge in [0.2, 0.25) is 5.91 Å². The van der Waals surface area contributed by atoms with Crippen molar-refractivity contribution in [2.75, 3.05) is 11.6 Å². The van der Waals surface area contributed by atoms with Crippen LogP contribution in [0.5, 0.6) is 0 Å². The summed E-state index contributed by atoms with van der Waals surface area (Å²) in [4.78, 5) is 40.7. The summed E-state index contributed by atoms with van der Waals surface area (Å²) in [7, 11) is -3.81. The van der Waals surface area contributed by atoms with Crippen LogP contribution in [0.1, 0.15) is 43.6 Å². The van der Waals surface area contributed by atoms with Gasteiger partial charge in [-0.1, -0.05) is 31.7 Å². The molecule has 1 aromatic heterocycles. The van der Waals surface area contributed by atoms with Crippen LogP contribution in [0.2, 0.25) is 0 Å². The Morgan fingerprint density at radius 2 is 2.03 bits per heavy atom. The van der Waals surface area contributed by atoms with Crippen molar-refractivity contribution < 1.29 is 18.1 Å². The molecule has 1 amide bonds. The zero-order chi connectivity index (χ0) is 21.9. The van der Waals surface area contributed by atoms with Crippen LogP contribution in [0.15, 0.2) is 40.2 Å². The Morgan fingerprint density at radius 1 is 1.33 bits per heavy atom. The monoisotopic (exact) mass is 434 g/mol. The minimum absolute atomic E-state index is 0.165. The van der Waals surface area contributed by atoms with Crippen molar-refractivity contribution >= 4 is 27.2 Å². The van der Waals surface area contributed by atoms with E-state index in [1.165, 1.54) is 24.4 Å². The van der Waals surface area contributed by atoms with Gasteiger partial charge in [0, 0.05) is 18.5 Å². The molecule has 0 saturated heterocycles. The highest BCUT2D eigenvalue weighted by Crippen LogP contribution is 2.37. The van der Waals surface area contributed by atoms with Crippen LogP contribution in [-0.2, 0) is 14.6 Å². The lowest BCUT2D eigenvalue weighted by Crippen LogP contribution is -2.25. The number of hydrogen-bond donors (Lipinski definition) is 2. The average Bonchev–Trinajstić information content (AvgIpc) is 3.18. The number of nitrogens with zero attached hydrogens (tertiary/aromatic N) is 2. The van der Waals surface area contributed by atoms with E-state index in [1.54, 1.807) is 0 Å². The van der Waals surface area contributed by atoms with Gasteiger partial charge in [-0.25, -0.2) is 18.2 Å². The molecule has 3 rings (SSSR count). The molecule has 1 fully saturated rings. The number of carbonyl (C=O) groups excluding carboxylic acids is 1. The number of hydrogen-bond acceptors (Lipinski definition) is 7. The molecule has 1 aliphatic carbocycles. The van der Waals surface area contributed by atoms with Crippen molar-refractivity contribution in [3.05, 3.63) is 56.6 Å². The van der Waals surface area contributed by atoms with Crippen LogP contribution in [-0.4, -0.2) is 35.5 Å². The lowest BCUT2D eigenvalue weighted by Gasteiger charge is -2.21. The number of nitro groups is 1. The highest BCUT2D eigenvalue weighted by molar-refractivity contribution is 7.90. The average molecular weight is 434 g/mol. The van der Waals surface area contributed by atoms with Crippen molar-refractivity contribution in [1.82, 2.24) is 9.97 Å². The number of aromatic nitrogens is 2. The van der Waals surface area contributed by atoms with Crippen LogP contribution in [0.3, 0.4) is 0 Å². The van der Waals surface area contributed by atoms with Gasteiger partial charge in [0.1, 0.15) is 10.7 Å². The molecular formula is C19H22N4O6S. The van der Waals surface area contributed by atoms with Gasteiger partial charge >= 0.3 is 5.69 Å². The van der Waals surface area contributed by atoms with E-state index in [-0.39, 0.29) is 11.7 Å². The Labute approximate surface area is 172 Å². The number of amides is 1. The van der Waals surface area contributed by atoms with Gasteiger partial charge in [-0.15, -0.1) is 0 Å². The van der Waals surface area contributed by atoms with E-state index in [1.807, 2.05) is 0 Å². The molecule has 160 valence electrons. The molecule has 1 saturated carbocycles. The lowest BCUT2D eigenvalue weighted by atomic mass is 9.87. The summed E-state index contributed by atoms with van der Waals surface area (Å²) in [5, 5.41) is 14.1. The van der Waals surface area contributed by atoms with Gasteiger partial charge in [-0.05, 0) is 30.0 Å². The molecule has 0 spiro atoms. The molecule has 2 N–H and O–H groups in total. The number of anilines is 1. The van der Waals surface area contributed by atoms with E-state index in [9.17, 15) is 28.1 Å². The molecule has 30 heavy (non-hydrogen) atoms. The van der Waals surface area contributed by atoms with Crippen molar-refractivity contribution in [2.45, 2.75) is 42.9 Å². The summed E-state index contributed by atoms with van der Waals surface area (Å²) < 4.78 is 23.8. The zero-order valence-electron chi connectivity index (χ0n) is 16.3. The number of carbonyl (C=O) groups is 1. The summed E-state index contributed by atoms with van der Waals surface area (Å²) in [6.45, 7) is 0. The second kappa shape index (κ2) is 8.74. The van der Waals surface area contributed by atoms with Gasteiger partial charge in [0.05, 0.1) is 10.8 Å². The van der Waals surface area contributed by atoms with Crippen molar-refractivity contribution in [2.24, 2.45) is 5.92 Å². The first kappa shape index (κ1) is 21.6. The highest BCUT2D eigenvalue weighted by atomic mass is 32.2. The number of aromatic amines is 1. The Bertz CT molecular complexity index is 1120. The predicted molar refractivity (Wildman–Crippen MR) is 109 cm³/mol. The van der Waals surface area contributed by atoms with E-state index >= 15 is 0 Å². The SMILES string of the molecule is CS(=O)(=O)c1ccc(C(CC2CCCC2)C(=O)Nc2ccnc(=O)[nH]2)cc1[N+](=O)[O-]. The third kappa shape index (κ3) is 5.09. The normalized spacial score (nSPS) is 15.6. The maximum absolute atomic E-state index is 13.0. The number of H-pyrrole nitrogens is 1. The Morgan fingerprint density at radius 3 is 2.63 bits per heavy atom. The summed E-state index contributed by atoms with van der Waals surface area (Å²) >= 11 is 0. The second-order valence-corrected chi connectivity index (χ2v) is 9.46. The molecule has 1 aromatic carbocycles. The molecule has 1 heterocycles. The lowest BCUT2D eigenvalue weighted by molar-refractivity contribution is -0.387. The molecule has 1 unspecified atom stereocenters. The number of nitrogens with one attached hydrogen (secondary N) is 2. The first-order valence-corrected chi connectivity index (χ1v) is 11.4. The maximum Gasteiger partial charge on any atom is 0.346 e. The van der Waals surface area contributed by atoms with Gasteiger partial charge in [-0.2, -0.15) is 0 Å². The molecule has 1 atom stereocenters. The van der Waals surface area contributed by atoms with Crippen LogP contribution < -0.4 is 11.0 Å². The van der Waals surface area contributed by atoms with Gasteiger partial charge in [-0.3, -0.25) is 19.9 Å². The van der Waals surface area contributed by atoms with Gasteiger partial charge in [0.15, 0.2) is 9.84 Å². The molecule has 10 nitrogen and oxygen atoms in total. The number of sulfone groups is 1. The zero-order valence-corrected chi connectivity index (χ0v) is 17.1. The van der Waals surface area contributed by atoms with E-state index in [4.69, 9.17) is 0 Å². The van der Waals surface area contributed by atoms with Crippen LogP contribution in [0.4, 0.5) is 11.5 Å². The number of benzene rings is 1. The van der Waals surface area contributed by atoms with E-state index in [0.29, 0.717) is 12.0 Å². The molecule has 2 aromatic rings. The molecule has 1 aliphatic rings. The first-order valence-electron chi connectivity index (χ1n) is 9.49. The largest absolute Gasteiger partial charge is 0.346 e. The number of rotatable bonds is 7. The predicted octanol–water partition coefficient (Wildman–Crippen LogP) is 2.38. The Balaban J connectivity index is 1.99. The molecule has 0 radical (unpaired) electrons. The van der Waals surface area contributed by atoms with E-state index < -0.39 is 42.9 Å². The molecule has 0 bridgehead atoms. The van der Waals surface area contributed by atoms with Gasteiger partial charge < -0.3 is 5.32 Å². The third-order valence-electron chi connectivity index (χ3n) is 5.27. The van der Waals surface area contributed by atoms with E-state index in [2.05, 4.69) is 15.3 Å². The smallest absolute Gasteiger partial charge is 0.312 e.